The van der Waals surface area contributed by atoms with Crippen molar-refractivity contribution >= 4 is 0 Å². The van der Waals surface area contributed by atoms with Gasteiger partial charge in [0.15, 0.2) is 0 Å². The summed E-state index contributed by atoms with van der Waals surface area (Å²) in [5.41, 5.74) is 10.8. The van der Waals surface area contributed by atoms with Crippen molar-refractivity contribution in [2.24, 2.45) is 5.73 Å². The van der Waals surface area contributed by atoms with Crippen LogP contribution in [0.15, 0.2) is 6.07 Å². The molecule has 2 heteroatoms. The molecule has 0 aliphatic rings. The first-order valence-corrected chi connectivity index (χ1v) is 6.04. The molecular weight excluding hydrogens is 198 g/mol. The van der Waals surface area contributed by atoms with Crippen LogP contribution < -0.4 is 10.5 Å². The summed E-state index contributed by atoms with van der Waals surface area (Å²) in [6.07, 6.45) is 1.99. The summed E-state index contributed by atoms with van der Waals surface area (Å²) in [5.74, 6) is 1.06. The monoisotopic (exact) mass is 221 g/mol. The molecule has 1 aromatic rings. The van der Waals surface area contributed by atoms with Gasteiger partial charge in [0.2, 0.25) is 0 Å². The lowest BCUT2D eigenvalue weighted by Gasteiger charge is -2.17. The largest absolute Gasteiger partial charge is 0.493 e. The summed E-state index contributed by atoms with van der Waals surface area (Å²) in [4.78, 5) is 0. The minimum atomic E-state index is 0.703. The van der Waals surface area contributed by atoms with E-state index in [-0.39, 0.29) is 0 Å². The van der Waals surface area contributed by atoms with E-state index in [1.165, 1.54) is 22.3 Å². The minimum absolute atomic E-state index is 0.703. The Kier molecular flexibility index (Phi) is 4.81. The average molecular weight is 221 g/mol. The summed E-state index contributed by atoms with van der Waals surface area (Å²) in [5, 5.41) is 0. The van der Waals surface area contributed by atoms with Crippen molar-refractivity contribution in [1.82, 2.24) is 0 Å². The highest BCUT2D eigenvalue weighted by atomic mass is 16.5. The quantitative estimate of drug-likeness (QED) is 0.829. The molecule has 0 heterocycles. The standard InChI is InChI=1S/C14H23NO/c1-5-8-16-14-10(2)9-13(6-7-15)11(3)12(14)4/h9H,5-8,15H2,1-4H3. The summed E-state index contributed by atoms with van der Waals surface area (Å²) in [6, 6.07) is 2.21. The van der Waals surface area contributed by atoms with Gasteiger partial charge in [0.05, 0.1) is 6.61 Å². The molecule has 1 aromatic carbocycles. The third-order valence-electron chi connectivity index (χ3n) is 3.00. The number of hydrogen-bond acceptors (Lipinski definition) is 2. The third-order valence-corrected chi connectivity index (χ3v) is 3.00. The van der Waals surface area contributed by atoms with Gasteiger partial charge in [0, 0.05) is 0 Å². The van der Waals surface area contributed by atoms with Gasteiger partial charge < -0.3 is 10.5 Å². The van der Waals surface area contributed by atoms with E-state index in [4.69, 9.17) is 10.5 Å². The van der Waals surface area contributed by atoms with E-state index < -0.39 is 0 Å². The second-order valence-electron chi connectivity index (χ2n) is 4.32. The van der Waals surface area contributed by atoms with Crippen molar-refractivity contribution in [1.29, 1.82) is 0 Å². The second-order valence-corrected chi connectivity index (χ2v) is 4.32. The second kappa shape index (κ2) is 5.90. The van der Waals surface area contributed by atoms with Gasteiger partial charge >= 0.3 is 0 Å². The van der Waals surface area contributed by atoms with E-state index in [0.29, 0.717) is 6.54 Å². The molecule has 90 valence electrons. The maximum absolute atomic E-state index is 5.80. The fourth-order valence-corrected chi connectivity index (χ4v) is 1.98. The Morgan fingerprint density at radius 2 is 1.88 bits per heavy atom. The van der Waals surface area contributed by atoms with Crippen LogP contribution in [0.5, 0.6) is 5.75 Å². The number of hydrogen-bond donors (Lipinski definition) is 1. The summed E-state index contributed by atoms with van der Waals surface area (Å²) < 4.78 is 5.80. The Morgan fingerprint density at radius 3 is 2.44 bits per heavy atom. The Bertz CT molecular complexity index is 358. The molecule has 0 fully saturated rings. The molecule has 0 saturated heterocycles. The SMILES string of the molecule is CCCOc1c(C)cc(CCN)c(C)c1C. The molecule has 0 unspecified atom stereocenters. The van der Waals surface area contributed by atoms with Crippen LogP contribution in [0.2, 0.25) is 0 Å². The molecule has 0 saturated carbocycles. The highest BCUT2D eigenvalue weighted by Crippen LogP contribution is 2.29. The van der Waals surface area contributed by atoms with Crippen molar-refractivity contribution < 1.29 is 4.74 Å². The number of benzene rings is 1. The van der Waals surface area contributed by atoms with E-state index >= 15 is 0 Å². The van der Waals surface area contributed by atoms with Crippen molar-refractivity contribution in [2.45, 2.75) is 40.5 Å². The number of rotatable bonds is 5. The zero-order chi connectivity index (χ0) is 12.1. The summed E-state index contributed by atoms with van der Waals surface area (Å²) >= 11 is 0. The molecule has 0 aliphatic carbocycles. The van der Waals surface area contributed by atoms with Gasteiger partial charge in [-0.25, -0.2) is 0 Å². The van der Waals surface area contributed by atoms with E-state index in [2.05, 4.69) is 33.8 Å². The number of aryl methyl sites for hydroxylation is 1. The van der Waals surface area contributed by atoms with Gasteiger partial charge in [-0.15, -0.1) is 0 Å². The molecule has 1 rings (SSSR count). The van der Waals surface area contributed by atoms with Crippen LogP contribution >= 0.6 is 0 Å². The molecule has 2 nitrogen and oxygen atoms in total. The Hall–Kier alpha value is -1.02. The topological polar surface area (TPSA) is 35.2 Å². The first kappa shape index (κ1) is 13.0. The highest BCUT2D eigenvalue weighted by Gasteiger charge is 2.10. The van der Waals surface area contributed by atoms with Crippen LogP contribution in [0.25, 0.3) is 0 Å². The smallest absolute Gasteiger partial charge is 0.125 e. The van der Waals surface area contributed by atoms with Gasteiger partial charge in [-0.05, 0) is 62.4 Å². The lowest BCUT2D eigenvalue weighted by Crippen LogP contribution is -2.07. The predicted molar refractivity (Wildman–Crippen MR) is 69.2 cm³/mol. The first-order chi connectivity index (χ1) is 7.61. The molecule has 0 atom stereocenters. The van der Waals surface area contributed by atoms with Gasteiger partial charge in [0.25, 0.3) is 0 Å². The number of ether oxygens (including phenoxy) is 1. The maximum Gasteiger partial charge on any atom is 0.125 e. The molecule has 16 heavy (non-hydrogen) atoms. The van der Waals surface area contributed by atoms with E-state index in [9.17, 15) is 0 Å². The summed E-state index contributed by atoms with van der Waals surface area (Å²) in [6.45, 7) is 10.0. The van der Waals surface area contributed by atoms with Gasteiger partial charge in [0.1, 0.15) is 5.75 Å². The zero-order valence-corrected chi connectivity index (χ0v) is 10.9. The van der Waals surface area contributed by atoms with Gasteiger partial charge in [-0.2, -0.15) is 0 Å². The van der Waals surface area contributed by atoms with E-state index in [0.717, 1.165) is 25.2 Å². The van der Waals surface area contributed by atoms with Crippen LogP contribution in [0.4, 0.5) is 0 Å². The van der Waals surface area contributed by atoms with E-state index in [1.54, 1.807) is 0 Å². The van der Waals surface area contributed by atoms with Crippen molar-refractivity contribution in [3.63, 3.8) is 0 Å². The number of nitrogens with two attached hydrogens (primary N) is 1. The molecule has 0 radical (unpaired) electrons. The van der Waals surface area contributed by atoms with Gasteiger partial charge in [-0.3, -0.25) is 0 Å². The fraction of sp³-hybridized carbons (Fsp3) is 0.571. The molecule has 0 spiro atoms. The molecule has 0 amide bonds. The van der Waals surface area contributed by atoms with Crippen LogP contribution in [-0.4, -0.2) is 13.2 Å². The summed E-state index contributed by atoms with van der Waals surface area (Å²) in [7, 11) is 0. The zero-order valence-electron chi connectivity index (χ0n) is 10.9. The van der Waals surface area contributed by atoms with Crippen molar-refractivity contribution in [3.8, 4) is 5.75 Å². The van der Waals surface area contributed by atoms with Crippen LogP contribution in [0, 0.1) is 20.8 Å². The maximum atomic E-state index is 5.80. The van der Waals surface area contributed by atoms with Crippen LogP contribution in [-0.2, 0) is 6.42 Å². The minimum Gasteiger partial charge on any atom is -0.493 e. The van der Waals surface area contributed by atoms with Crippen molar-refractivity contribution in [3.05, 3.63) is 28.3 Å². The van der Waals surface area contributed by atoms with Crippen molar-refractivity contribution in [2.75, 3.05) is 13.2 Å². The van der Waals surface area contributed by atoms with Crippen LogP contribution in [0.1, 0.15) is 35.6 Å². The Morgan fingerprint density at radius 1 is 1.19 bits per heavy atom. The lowest BCUT2D eigenvalue weighted by molar-refractivity contribution is 0.313. The molecule has 0 aromatic heterocycles. The van der Waals surface area contributed by atoms with Gasteiger partial charge in [-0.1, -0.05) is 13.0 Å². The molecule has 2 N–H and O–H groups in total. The first-order valence-electron chi connectivity index (χ1n) is 6.04. The fourth-order valence-electron chi connectivity index (χ4n) is 1.98. The molecule has 0 bridgehead atoms. The van der Waals surface area contributed by atoms with E-state index in [1.807, 2.05) is 0 Å². The molecular formula is C14H23NO. The predicted octanol–water partition coefficient (Wildman–Crippen LogP) is 2.90. The normalized spacial score (nSPS) is 10.6. The van der Waals surface area contributed by atoms with Crippen LogP contribution in [0.3, 0.4) is 0 Å². The third kappa shape index (κ3) is 2.76. The average Bonchev–Trinajstić information content (AvgIpc) is 2.26. The Labute approximate surface area is 98.8 Å². The lowest BCUT2D eigenvalue weighted by atomic mass is 9.96. The Balaban J connectivity index is 3.07. The highest BCUT2D eigenvalue weighted by molar-refractivity contribution is 5.49. The molecule has 0 aliphatic heterocycles.